The van der Waals surface area contributed by atoms with Crippen molar-refractivity contribution in [3.63, 3.8) is 0 Å². The van der Waals surface area contributed by atoms with Crippen molar-refractivity contribution in [3.8, 4) is 11.1 Å². The van der Waals surface area contributed by atoms with E-state index in [0.717, 1.165) is 27.4 Å². The maximum Gasteiger partial charge on any atom is 0.221 e. The lowest BCUT2D eigenvalue weighted by molar-refractivity contribution is -0.114. The van der Waals surface area contributed by atoms with E-state index in [1.54, 1.807) is 24.3 Å². The Morgan fingerprint density at radius 3 is 2.56 bits per heavy atom. The van der Waals surface area contributed by atoms with Crippen LogP contribution in [0.4, 0.5) is 11.4 Å². The monoisotopic (exact) mass is 350 g/mol. The topological polar surface area (TPSA) is 66.9 Å². The number of hydrogen-bond acceptors (Lipinski definition) is 5. The average molecular weight is 350 g/mol. The second-order valence-electron chi connectivity index (χ2n) is 5.52. The van der Waals surface area contributed by atoms with Crippen LogP contribution in [-0.4, -0.2) is 15.9 Å². The third-order valence-electron chi connectivity index (χ3n) is 3.50. The molecule has 0 saturated heterocycles. The molecule has 1 aromatic carbocycles. The molecule has 0 atom stereocenters. The number of carbonyl (C=O) groups is 1. The van der Waals surface area contributed by atoms with Crippen LogP contribution in [0.25, 0.3) is 11.1 Å². The molecule has 0 bridgehead atoms. The van der Waals surface area contributed by atoms with Gasteiger partial charge >= 0.3 is 0 Å². The van der Waals surface area contributed by atoms with Gasteiger partial charge in [-0.3, -0.25) is 14.8 Å². The molecule has 0 unspecified atom stereocenters. The molecule has 0 radical (unpaired) electrons. The van der Waals surface area contributed by atoms with Gasteiger partial charge in [0.2, 0.25) is 5.91 Å². The Hall–Kier alpha value is -2.86. The Morgan fingerprint density at radius 2 is 1.80 bits per heavy atom. The molecule has 0 aliphatic rings. The van der Waals surface area contributed by atoms with E-state index in [9.17, 15) is 4.79 Å². The van der Waals surface area contributed by atoms with Crippen LogP contribution in [0.5, 0.6) is 0 Å². The van der Waals surface area contributed by atoms with E-state index in [2.05, 4.69) is 20.0 Å². The molecule has 126 valence electrons. The fraction of sp³-hybridized carbons (Fsp3) is 0.105. The van der Waals surface area contributed by atoms with Gasteiger partial charge in [0.15, 0.2) is 0 Å². The van der Waals surface area contributed by atoms with Gasteiger partial charge in [0, 0.05) is 35.3 Å². The number of amides is 1. The molecule has 0 saturated carbocycles. The third-order valence-corrected chi connectivity index (χ3v) is 4.33. The van der Waals surface area contributed by atoms with Crippen molar-refractivity contribution in [2.45, 2.75) is 18.7 Å². The van der Waals surface area contributed by atoms with Crippen molar-refractivity contribution in [1.82, 2.24) is 9.97 Å². The van der Waals surface area contributed by atoms with E-state index < -0.39 is 0 Å². The molecule has 6 heteroatoms. The van der Waals surface area contributed by atoms with E-state index >= 15 is 0 Å². The van der Waals surface area contributed by atoms with Gasteiger partial charge in [-0.15, -0.1) is 0 Å². The zero-order chi connectivity index (χ0) is 17.6. The van der Waals surface area contributed by atoms with Gasteiger partial charge in [-0.05, 0) is 43.1 Å². The second-order valence-corrected chi connectivity index (χ2v) is 6.40. The van der Waals surface area contributed by atoms with Gasteiger partial charge in [-0.2, -0.15) is 0 Å². The van der Waals surface area contributed by atoms with Crippen molar-refractivity contribution in [3.05, 3.63) is 66.7 Å². The first kappa shape index (κ1) is 17.0. The Balaban J connectivity index is 1.82. The molecule has 0 aliphatic heterocycles. The van der Waals surface area contributed by atoms with E-state index in [1.165, 1.54) is 6.92 Å². The van der Waals surface area contributed by atoms with Gasteiger partial charge in [-0.25, -0.2) is 0 Å². The summed E-state index contributed by atoms with van der Waals surface area (Å²) < 4.78 is 3.35. The Kier molecular flexibility index (Phi) is 5.30. The van der Waals surface area contributed by atoms with Crippen LogP contribution in [0.1, 0.15) is 12.6 Å². The van der Waals surface area contributed by atoms with Crippen molar-refractivity contribution >= 4 is 29.2 Å². The number of hydrogen-bond donors (Lipinski definition) is 2. The summed E-state index contributed by atoms with van der Waals surface area (Å²) in [6.45, 7) is 3.44. The summed E-state index contributed by atoms with van der Waals surface area (Å²) in [6, 6.07) is 14.0. The van der Waals surface area contributed by atoms with Crippen LogP contribution in [-0.2, 0) is 4.79 Å². The van der Waals surface area contributed by atoms with Gasteiger partial charge in [-0.1, -0.05) is 18.2 Å². The lowest BCUT2D eigenvalue weighted by Gasteiger charge is -2.11. The molecular weight excluding hydrogens is 332 g/mol. The van der Waals surface area contributed by atoms with Gasteiger partial charge in [0.05, 0.1) is 23.3 Å². The minimum atomic E-state index is -0.123. The molecular formula is C19H18N4OS. The fourth-order valence-corrected chi connectivity index (χ4v) is 2.99. The summed E-state index contributed by atoms with van der Waals surface area (Å²) >= 11 is 1.54. The Morgan fingerprint density at radius 1 is 1.04 bits per heavy atom. The molecule has 1 amide bonds. The standard InChI is InChI=1S/C19H18N4OS/c1-13-19(23-25-18-6-4-3-5-7-18)9-16(11-21-13)15-8-17(12-20-10-15)22-14(2)24/h3-12,23H,1-2H3,(H,22,24). The van der Waals surface area contributed by atoms with Crippen LogP contribution < -0.4 is 10.0 Å². The molecule has 0 aliphatic carbocycles. The van der Waals surface area contributed by atoms with Crippen LogP contribution in [0, 0.1) is 6.92 Å². The Labute approximate surface area is 151 Å². The minimum absolute atomic E-state index is 0.123. The molecule has 3 rings (SSSR count). The molecule has 0 spiro atoms. The molecule has 2 N–H and O–H groups in total. The summed E-state index contributed by atoms with van der Waals surface area (Å²) in [7, 11) is 0. The smallest absolute Gasteiger partial charge is 0.221 e. The highest BCUT2D eigenvalue weighted by Crippen LogP contribution is 2.28. The van der Waals surface area contributed by atoms with Crippen LogP contribution in [0.15, 0.2) is 66.0 Å². The number of nitrogens with zero attached hydrogens (tertiary/aromatic N) is 2. The molecule has 2 aromatic heterocycles. The van der Waals surface area contributed by atoms with E-state index in [0.29, 0.717) is 5.69 Å². The Bertz CT molecular complexity index is 884. The average Bonchev–Trinajstić information content (AvgIpc) is 2.61. The summed E-state index contributed by atoms with van der Waals surface area (Å²) in [4.78, 5) is 21.0. The predicted molar refractivity (Wildman–Crippen MR) is 102 cm³/mol. The van der Waals surface area contributed by atoms with E-state index in [4.69, 9.17) is 0 Å². The number of nitrogens with one attached hydrogen (secondary N) is 2. The summed E-state index contributed by atoms with van der Waals surface area (Å²) in [5.41, 5.74) is 4.35. The van der Waals surface area contributed by atoms with Gasteiger partial charge < -0.3 is 10.0 Å². The van der Waals surface area contributed by atoms with Crippen LogP contribution in [0.2, 0.25) is 0 Å². The number of aromatic nitrogens is 2. The lowest BCUT2D eigenvalue weighted by atomic mass is 10.1. The maximum absolute atomic E-state index is 11.2. The van der Waals surface area contributed by atoms with Gasteiger partial charge in [0.1, 0.15) is 0 Å². The number of benzene rings is 1. The normalized spacial score (nSPS) is 10.3. The van der Waals surface area contributed by atoms with Crippen molar-refractivity contribution in [2.75, 3.05) is 10.0 Å². The summed E-state index contributed by atoms with van der Waals surface area (Å²) in [5.74, 6) is -0.123. The fourth-order valence-electron chi connectivity index (χ4n) is 2.27. The van der Waals surface area contributed by atoms with E-state index in [-0.39, 0.29) is 5.91 Å². The highest BCUT2D eigenvalue weighted by molar-refractivity contribution is 8.00. The molecule has 5 nitrogen and oxygen atoms in total. The van der Waals surface area contributed by atoms with Crippen LogP contribution in [0.3, 0.4) is 0 Å². The quantitative estimate of drug-likeness (QED) is 0.662. The molecule has 25 heavy (non-hydrogen) atoms. The number of pyridine rings is 2. The highest BCUT2D eigenvalue weighted by atomic mass is 32.2. The molecule has 3 aromatic rings. The SMILES string of the molecule is CC(=O)Nc1cncc(-c2cnc(C)c(NSc3ccccc3)c2)c1. The third kappa shape index (κ3) is 4.58. The van der Waals surface area contributed by atoms with Crippen molar-refractivity contribution < 1.29 is 4.79 Å². The number of aryl methyl sites for hydroxylation is 1. The first-order chi connectivity index (χ1) is 12.1. The first-order valence-electron chi connectivity index (χ1n) is 7.79. The van der Waals surface area contributed by atoms with Crippen molar-refractivity contribution in [2.24, 2.45) is 0 Å². The van der Waals surface area contributed by atoms with Gasteiger partial charge in [0.25, 0.3) is 0 Å². The summed E-state index contributed by atoms with van der Waals surface area (Å²) in [5, 5.41) is 2.75. The lowest BCUT2D eigenvalue weighted by Crippen LogP contribution is -2.06. The number of carbonyl (C=O) groups excluding carboxylic acids is 1. The maximum atomic E-state index is 11.2. The zero-order valence-corrected chi connectivity index (χ0v) is 14.8. The zero-order valence-electron chi connectivity index (χ0n) is 14.0. The number of rotatable bonds is 5. The summed E-state index contributed by atoms with van der Waals surface area (Å²) in [6.07, 6.45) is 5.19. The minimum Gasteiger partial charge on any atom is -0.325 e. The second kappa shape index (κ2) is 7.81. The largest absolute Gasteiger partial charge is 0.325 e. The van der Waals surface area contributed by atoms with Crippen LogP contribution >= 0.6 is 11.9 Å². The van der Waals surface area contributed by atoms with Crippen molar-refractivity contribution in [1.29, 1.82) is 0 Å². The molecule has 2 heterocycles. The van der Waals surface area contributed by atoms with E-state index in [1.807, 2.05) is 55.6 Å². The predicted octanol–water partition coefficient (Wildman–Crippen LogP) is 4.53. The molecule has 0 fully saturated rings. The number of anilines is 2. The highest BCUT2D eigenvalue weighted by Gasteiger charge is 2.06. The first-order valence-corrected chi connectivity index (χ1v) is 8.61.